The minimum Gasteiger partial charge on any atom is -0.481 e. The predicted molar refractivity (Wildman–Crippen MR) is 194 cm³/mol. The molecule has 1 amide bonds. The van der Waals surface area contributed by atoms with Crippen LogP contribution in [-0.2, 0) is 23.9 Å². The summed E-state index contributed by atoms with van der Waals surface area (Å²) in [6, 6.07) is 0. The summed E-state index contributed by atoms with van der Waals surface area (Å²) in [5, 5.41) is 21.7. The van der Waals surface area contributed by atoms with Crippen LogP contribution in [0.5, 0.6) is 0 Å². The second kappa shape index (κ2) is 12.7. The summed E-state index contributed by atoms with van der Waals surface area (Å²) in [5.41, 5.74) is 0.112. The first-order valence-corrected chi connectivity index (χ1v) is 19.5. The molecule has 50 heavy (non-hydrogen) atoms. The molecule has 5 aliphatic carbocycles. The van der Waals surface area contributed by atoms with Crippen LogP contribution in [0.2, 0.25) is 0 Å². The predicted octanol–water partition coefficient (Wildman–Crippen LogP) is 7.86. The standard InChI is InChI=1S/C42H67NO7/c1-24(2)33-27(44)21-42(30(45)23-43(12)35(47)25(3)4)20-19-40(10)26(34(33)42)13-14-29-39(9)17-16-31(50-32(46)22-37(5,6)36(48)49)38(7,8)28(39)15-18-41(29,40)11/h24-26,28-31,45H,13-23H2,1-12H3,(H,48,49). The minimum atomic E-state index is -1.17. The highest BCUT2D eigenvalue weighted by atomic mass is 16.5. The lowest BCUT2D eigenvalue weighted by Crippen LogP contribution is -2.66. The fraction of sp³-hybridized carbons (Fsp3) is 0.857. The molecule has 5 aliphatic rings. The molecular formula is C42H67NO7. The van der Waals surface area contributed by atoms with Crippen LogP contribution in [0.15, 0.2) is 11.1 Å². The van der Waals surface area contributed by atoms with Gasteiger partial charge < -0.3 is 19.8 Å². The van der Waals surface area contributed by atoms with Crippen LogP contribution in [-0.4, -0.2) is 64.5 Å². The summed E-state index contributed by atoms with van der Waals surface area (Å²) in [5.74, 6) is -0.312. The number of aliphatic hydroxyl groups excluding tert-OH is 1. The van der Waals surface area contributed by atoms with Gasteiger partial charge >= 0.3 is 11.9 Å². The number of ketones is 1. The number of hydrogen-bond acceptors (Lipinski definition) is 6. The summed E-state index contributed by atoms with van der Waals surface area (Å²) in [7, 11) is 1.78. The van der Waals surface area contributed by atoms with E-state index in [0.717, 1.165) is 56.9 Å². The Kier molecular flexibility index (Phi) is 9.92. The maximum Gasteiger partial charge on any atom is 0.309 e. The molecule has 0 heterocycles. The number of likely N-dealkylation sites (N-methyl/N-ethyl adjacent to an activating group) is 1. The Hall–Kier alpha value is -2.22. The van der Waals surface area contributed by atoms with Gasteiger partial charge in [-0.3, -0.25) is 19.2 Å². The highest BCUT2D eigenvalue weighted by molar-refractivity contribution is 6.00. The number of carboxylic acids is 1. The second-order valence-corrected chi connectivity index (χ2v) is 19.9. The summed E-state index contributed by atoms with van der Waals surface area (Å²) in [6.07, 6.45) is 6.67. The van der Waals surface area contributed by atoms with Crippen molar-refractivity contribution in [2.24, 2.45) is 62.1 Å². The van der Waals surface area contributed by atoms with Crippen LogP contribution in [0, 0.1) is 62.1 Å². The lowest BCUT2D eigenvalue weighted by Gasteiger charge is -2.72. The van der Waals surface area contributed by atoms with Gasteiger partial charge in [0.05, 0.1) is 17.9 Å². The maximum absolute atomic E-state index is 14.0. The number of carboxylic acid groups (broad SMARTS) is 1. The van der Waals surface area contributed by atoms with Gasteiger partial charge in [0, 0.05) is 36.8 Å². The molecule has 9 unspecified atom stereocenters. The van der Waals surface area contributed by atoms with E-state index in [0.29, 0.717) is 18.3 Å². The van der Waals surface area contributed by atoms with Crippen LogP contribution in [0.1, 0.15) is 140 Å². The first kappa shape index (κ1) is 39.0. The molecule has 2 N–H and O–H groups in total. The zero-order valence-corrected chi connectivity index (χ0v) is 33.2. The van der Waals surface area contributed by atoms with Crippen molar-refractivity contribution in [3.8, 4) is 0 Å². The number of hydrogen-bond donors (Lipinski definition) is 2. The SMILES string of the molecule is CC(C)C(=O)N(C)CC(O)C12CCC3(C)C(CCC4C5(C)CCC(OC(=O)CC(C)(C)C(=O)O)C(C)(C)C5CCC43C)C1=C(C(C)C)C(=O)C2. The van der Waals surface area contributed by atoms with E-state index in [9.17, 15) is 29.4 Å². The van der Waals surface area contributed by atoms with Crippen molar-refractivity contribution in [2.45, 2.75) is 153 Å². The van der Waals surface area contributed by atoms with Crippen LogP contribution in [0.3, 0.4) is 0 Å². The van der Waals surface area contributed by atoms with Crippen molar-refractivity contribution in [1.29, 1.82) is 0 Å². The van der Waals surface area contributed by atoms with Gasteiger partial charge in [-0.25, -0.2) is 0 Å². The van der Waals surface area contributed by atoms with Gasteiger partial charge in [-0.2, -0.15) is 0 Å². The summed E-state index contributed by atoms with van der Waals surface area (Å²) < 4.78 is 6.15. The zero-order chi connectivity index (χ0) is 37.6. The number of nitrogens with zero attached hydrogens (tertiary/aromatic N) is 1. The molecule has 0 spiro atoms. The lowest BCUT2D eigenvalue weighted by molar-refractivity contribution is -0.235. The average Bonchev–Trinajstić information content (AvgIpc) is 3.31. The number of aliphatic hydroxyl groups is 1. The summed E-state index contributed by atoms with van der Waals surface area (Å²) >= 11 is 0. The molecular weight excluding hydrogens is 630 g/mol. The third kappa shape index (κ3) is 5.71. The smallest absolute Gasteiger partial charge is 0.309 e. The topological polar surface area (TPSA) is 121 Å². The van der Waals surface area contributed by atoms with Crippen molar-refractivity contribution >= 4 is 23.6 Å². The van der Waals surface area contributed by atoms with Crippen molar-refractivity contribution in [2.75, 3.05) is 13.6 Å². The van der Waals surface area contributed by atoms with Crippen molar-refractivity contribution in [1.82, 2.24) is 4.90 Å². The Morgan fingerprint density at radius 1 is 0.900 bits per heavy atom. The van der Waals surface area contributed by atoms with Gasteiger partial charge in [-0.15, -0.1) is 0 Å². The molecule has 5 rings (SSSR count). The Morgan fingerprint density at radius 3 is 2.12 bits per heavy atom. The fourth-order valence-electron chi connectivity index (χ4n) is 12.9. The van der Waals surface area contributed by atoms with Crippen molar-refractivity contribution in [3.63, 3.8) is 0 Å². The van der Waals surface area contributed by atoms with Crippen molar-refractivity contribution in [3.05, 3.63) is 11.1 Å². The molecule has 0 aromatic carbocycles. The van der Waals surface area contributed by atoms with Crippen LogP contribution >= 0.6 is 0 Å². The molecule has 0 saturated heterocycles. The van der Waals surface area contributed by atoms with Gasteiger partial charge in [0.2, 0.25) is 5.91 Å². The lowest BCUT2D eigenvalue weighted by atomic mass is 9.33. The van der Waals surface area contributed by atoms with E-state index in [-0.39, 0.29) is 70.2 Å². The van der Waals surface area contributed by atoms with E-state index >= 15 is 0 Å². The number of amides is 1. The Morgan fingerprint density at radius 2 is 1.54 bits per heavy atom. The van der Waals surface area contributed by atoms with E-state index in [4.69, 9.17) is 4.74 Å². The van der Waals surface area contributed by atoms with E-state index in [1.54, 1.807) is 25.8 Å². The molecule has 0 aromatic heterocycles. The molecule has 8 nitrogen and oxygen atoms in total. The Labute approximate surface area is 301 Å². The Balaban J connectivity index is 1.46. The first-order valence-electron chi connectivity index (χ1n) is 19.5. The summed E-state index contributed by atoms with van der Waals surface area (Å²) in [6.45, 7) is 23.4. The third-order valence-corrected chi connectivity index (χ3v) is 15.8. The van der Waals surface area contributed by atoms with Gasteiger partial charge in [0.25, 0.3) is 0 Å². The monoisotopic (exact) mass is 697 g/mol. The van der Waals surface area contributed by atoms with Gasteiger partial charge in [0.15, 0.2) is 5.78 Å². The third-order valence-electron chi connectivity index (χ3n) is 15.8. The number of aliphatic carboxylic acids is 1. The van der Waals surface area contributed by atoms with E-state index in [1.807, 2.05) is 13.8 Å². The van der Waals surface area contributed by atoms with Crippen molar-refractivity contribution < 1.29 is 34.1 Å². The number of fused-ring (bicyclic) bond motifs is 7. The second-order valence-electron chi connectivity index (χ2n) is 19.9. The minimum absolute atomic E-state index is 0.00886. The number of carbonyl (C=O) groups is 4. The normalized spacial score (nSPS) is 38.6. The molecule has 4 fully saturated rings. The van der Waals surface area contributed by atoms with Crippen LogP contribution in [0.25, 0.3) is 0 Å². The van der Waals surface area contributed by atoms with E-state index < -0.39 is 28.9 Å². The molecule has 4 saturated carbocycles. The van der Waals surface area contributed by atoms with Crippen LogP contribution in [0.4, 0.5) is 0 Å². The highest BCUT2D eigenvalue weighted by Gasteiger charge is 2.71. The average molecular weight is 698 g/mol. The Bertz CT molecular complexity index is 1440. The van der Waals surface area contributed by atoms with E-state index in [2.05, 4.69) is 48.5 Å². The molecule has 0 aromatic rings. The number of ether oxygens (including phenoxy) is 1. The van der Waals surface area contributed by atoms with Gasteiger partial charge in [-0.05, 0) is 111 Å². The maximum atomic E-state index is 14.0. The molecule has 0 bridgehead atoms. The number of esters is 1. The van der Waals surface area contributed by atoms with Gasteiger partial charge in [0.1, 0.15) is 6.10 Å². The summed E-state index contributed by atoms with van der Waals surface area (Å²) in [4.78, 5) is 53.3. The quantitative estimate of drug-likeness (QED) is 0.235. The number of rotatable bonds is 9. The molecule has 0 radical (unpaired) electrons. The van der Waals surface area contributed by atoms with Gasteiger partial charge in [-0.1, -0.05) is 67.9 Å². The number of allylic oxidation sites excluding steroid dienone is 1. The van der Waals surface area contributed by atoms with Crippen LogP contribution < -0.4 is 0 Å². The largest absolute Gasteiger partial charge is 0.481 e. The number of Topliss-reactive ketones (excluding diaryl/α,β-unsaturated/α-hetero) is 1. The highest BCUT2D eigenvalue weighted by Crippen LogP contribution is 2.77. The van der Waals surface area contributed by atoms with E-state index in [1.165, 1.54) is 5.57 Å². The zero-order valence-electron chi connectivity index (χ0n) is 33.2. The fourth-order valence-corrected chi connectivity index (χ4v) is 12.9. The molecule has 8 heteroatoms. The first-order chi connectivity index (χ1) is 22.9. The molecule has 9 atom stereocenters. The molecule has 0 aliphatic heterocycles. The number of carbonyl (C=O) groups excluding carboxylic acids is 3. The molecule has 282 valence electrons.